The molecule has 0 aliphatic rings. The molecule has 0 saturated heterocycles. The molecule has 26 heavy (non-hydrogen) atoms. The van der Waals surface area contributed by atoms with Gasteiger partial charge in [-0.05, 0) is 13.0 Å². The van der Waals surface area contributed by atoms with Gasteiger partial charge in [0, 0.05) is 30.0 Å². The van der Waals surface area contributed by atoms with E-state index >= 15 is 0 Å². The minimum Gasteiger partial charge on any atom is -0.497 e. The molecule has 3 aromatic rings. The number of anilines is 1. The first-order chi connectivity index (χ1) is 12.3. The highest BCUT2D eigenvalue weighted by atomic mass is 32.2. The molecule has 1 N–H and O–H groups in total. The Morgan fingerprint density at radius 3 is 2.27 bits per heavy atom. The predicted octanol–water partition coefficient (Wildman–Crippen LogP) is 3.23. The number of nitrogens with zero attached hydrogens (tertiary/aromatic N) is 2. The predicted molar refractivity (Wildman–Crippen MR) is 97.4 cm³/mol. The average molecular weight is 395 g/mol. The van der Waals surface area contributed by atoms with Crippen LogP contribution < -0.4 is 14.2 Å². The first-order valence-corrected chi connectivity index (χ1v) is 9.79. The number of ether oxygens (including phenoxy) is 2. The quantitative estimate of drug-likeness (QED) is 0.683. The Labute approximate surface area is 154 Å². The fraction of sp³-hybridized carbons (Fsp3) is 0.250. The van der Waals surface area contributed by atoms with Gasteiger partial charge in [0.1, 0.15) is 16.4 Å². The van der Waals surface area contributed by atoms with Gasteiger partial charge >= 0.3 is 0 Å². The summed E-state index contributed by atoms with van der Waals surface area (Å²) in [5.74, 6) is 1.73. The van der Waals surface area contributed by atoms with Crippen LogP contribution in [-0.2, 0) is 10.0 Å². The Morgan fingerprint density at radius 2 is 1.73 bits per heavy atom. The molecule has 8 nitrogen and oxygen atoms in total. The lowest BCUT2D eigenvalue weighted by Gasteiger charge is -2.11. The van der Waals surface area contributed by atoms with Crippen molar-refractivity contribution in [1.82, 2.24) is 10.1 Å². The summed E-state index contributed by atoms with van der Waals surface area (Å²) in [6.07, 6.45) is 0. The molecule has 1 aromatic carbocycles. The number of aromatic nitrogens is 2. The molecule has 3 rings (SSSR count). The molecular weight excluding hydrogens is 378 g/mol. The average Bonchev–Trinajstić information content (AvgIpc) is 3.20. The van der Waals surface area contributed by atoms with Crippen LogP contribution in [0.25, 0.3) is 10.7 Å². The molecule has 0 atom stereocenters. The smallest absolute Gasteiger partial charge is 0.263 e. The fourth-order valence-electron chi connectivity index (χ4n) is 2.32. The molecule has 2 aromatic heterocycles. The van der Waals surface area contributed by atoms with Crippen molar-refractivity contribution >= 4 is 27.0 Å². The largest absolute Gasteiger partial charge is 0.497 e. The normalized spacial score (nSPS) is 11.4. The zero-order valence-corrected chi connectivity index (χ0v) is 16.2. The first-order valence-electron chi connectivity index (χ1n) is 7.49. The summed E-state index contributed by atoms with van der Waals surface area (Å²) in [5.41, 5.74) is 0.337. The monoisotopic (exact) mass is 395 g/mol. The van der Waals surface area contributed by atoms with Crippen LogP contribution in [0, 0.1) is 13.8 Å². The van der Waals surface area contributed by atoms with Crippen molar-refractivity contribution in [3.63, 3.8) is 0 Å². The standard InChI is InChI=1S/C16H17N3O5S2/c1-9-15(8-14(25-9)16-17-10(2)24-18-16)26(20,21)19-11-5-12(22-3)7-13(6-11)23-4/h5-8,19H,1-4H3. The molecule has 0 radical (unpaired) electrons. The van der Waals surface area contributed by atoms with Crippen LogP contribution in [-0.4, -0.2) is 32.8 Å². The Balaban J connectivity index is 1.95. The number of rotatable bonds is 6. The van der Waals surface area contributed by atoms with Crippen LogP contribution in [0.3, 0.4) is 0 Å². The van der Waals surface area contributed by atoms with E-state index in [4.69, 9.17) is 14.0 Å². The third kappa shape index (κ3) is 3.65. The molecule has 0 bridgehead atoms. The second-order valence-electron chi connectivity index (χ2n) is 5.37. The summed E-state index contributed by atoms with van der Waals surface area (Å²) >= 11 is 1.28. The van der Waals surface area contributed by atoms with Gasteiger partial charge in [0.05, 0.1) is 24.8 Å². The highest BCUT2D eigenvalue weighted by molar-refractivity contribution is 7.93. The third-order valence-corrected chi connectivity index (χ3v) is 6.20. The number of hydrogen-bond donors (Lipinski definition) is 1. The Kier molecular flexibility index (Phi) is 4.88. The van der Waals surface area contributed by atoms with Crippen LogP contribution in [0.1, 0.15) is 10.8 Å². The summed E-state index contributed by atoms with van der Waals surface area (Å²) in [6.45, 7) is 3.40. The van der Waals surface area contributed by atoms with Crippen molar-refractivity contribution in [2.24, 2.45) is 0 Å². The molecule has 0 unspecified atom stereocenters. The van der Waals surface area contributed by atoms with E-state index in [1.54, 1.807) is 32.0 Å². The maximum atomic E-state index is 12.8. The van der Waals surface area contributed by atoms with E-state index in [1.807, 2.05) is 0 Å². The molecule has 0 aliphatic heterocycles. The van der Waals surface area contributed by atoms with Gasteiger partial charge in [0.25, 0.3) is 10.0 Å². The Bertz CT molecular complexity index is 1020. The molecule has 0 saturated carbocycles. The molecule has 0 fully saturated rings. The summed E-state index contributed by atoms with van der Waals surface area (Å²) in [6, 6.07) is 6.34. The topological polar surface area (TPSA) is 104 Å². The highest BCUT2D eigenvalue weighted by Crippen LogP contribution is 2.34. The zero-order valence-electron chi connectivity index (χ0n) is 14.6. The SMILES string of the molecule is COc1cc(NS(=O)(=O)c2cc(-c3noc(C)n3)sc2C)cc(OC)c1. The lowest BCUT2D eigenvalue weighted by molar-refractivity contribution is 0.394. The number of benzene rings is 1. The van der Waals surface area contributed by atoms with Crippen molar-refractivity contribution < 1.29 is 22.4 Å². The lowest BCUT2D eigenvalue weighted by atomic mass is 10.3. The van der Waals surface area contributed by atoms with E-state index in [2.05, 4.69) is 14.9 Å². The number of nitrogens with one attached hydrogen (secondary N) is 1. The number of thiophene rings is 1. The van der Waals surface area contributed by atoms with Crippen LogP contribution in [0.5, 0.6) is 11.5 Å². The van der Waals surface area contributed by atoms with E-state index in [0.29, 0.717) is 38.7 Å². The van der Waals surface area contributed by atoms with Crippen molar-refractivity contribution in [2.75, 3.05) is 18.9 Å². The lowest BCUT2D eigenvalue weighted by Crippen LogP contribution is -2.13. The van der Waals surface area contributed by atoms with Crippen LogP contribution in [0.2, 0.25) is 0 Å². The van der Waals surface area contributed by atoms with E-state index in [1.165, 1.54) is 31.6 Å². The van der Waals surface area contributed by atoms with Gasteiger partial charge in [-0.25, -0.2) is 8.42 Å². The second-order valence-corrected chi connectivity index (χ2v) is 8.28. The number of methoxy groups -OCH3 is 2. The maximum absolute atomic E-state index is 12.8. The van der Waals surface area contributed by atoms with Crippen LogP contribution in [0.4, 0.5) is 5.69 Å². The van der Waals surface area contributed by atoms with E-state index in [9.17, 15) is 8.42 Å². The minimum absolute atomic E-state index is 0.154. The van der Waals surface area contributed by atoms with E-state index in [0.717, 1.165) is 0 Å². The fourth-order valence-corrected chi connectivity index (χ4v) is 4.88. The Hall–Kier alpha value is -2.59. The van der Waals surface area contributed by atoms with E-state index < -0.39 is 10.0 Å². The number of sulfonamides is 1. The molecule has 138 valence electrons. The van der Waals surface area contributed by atoms with Gasteiger partial charge < -0.3 is 14.0 Å². The molecule has 2 heterocycles. The van der Waals surface area contributed by atoms with Gasteiger partial charge in [0.2, 0.25) is 11.7 Å². The van der Waals surface area contributed by atoms with E-state index in [-0.39, 0.29) is 4.90 Å². The van der Waals surface area contributed by atoms with Gasteiger partial charge in [-0.2, -0.15) is 4.98 Å². The second kappa shape index (κ2) is 6.96. The minimum atomic E-state index is -3.81. The Morgan fingerprint density at radius 1 is 1.08 bits per heavy atom. The summed E-state index contributed by atoms with van der Waals surface area (Å²) in [5, 5.41) is 3.83. The summed E-state index contributed by atoms with van der Waals surface area (Å²) in [7, 11) is -0.821. The third-order valence-electron chi connectivity index (χ3n) is 3.51. The molecular formula is C16H17N3O5S2. The van der Waals surface area contributed by atoms with Crippen LogP contribution in [0.15, 0.2) is 33.7 Å². The van der Waals surface area contributed by atoms with Gasteiger partial charge in [-0.1, -0.05) is 5.16 Å². The van der Waals surface area contributed by atoms with Gasteiger partial charge in [0.15, 0.2) is 0 Å². The van der Waals surface area contributed by atoms with Crippen molar-refractivity contribution in [1.29, 1.82) is 0 Å². The molecule has 0 aliphatic carbocycles. The summed E-state index contributed by atoms with van der Waals surface area (Å²) < 4.78 is 43.5. The van der Waals surface area contributed by atoms with Crippen molar-refractivity contribution in [3.05, 3.63) is 35.0 Å². The summed E-state index contributed by atoms with van der Waals surface area (Å²) in [4.78, 5) is 5.51. The number of aryl methyl sites for hydroxylation is 2. The number of hydrogen-bond acceptors (Lipinski definition) is 8. The van der Waals surface area contributed by atoms with Crippen LogP contribution >= 0.6 is 11.3 Å². The van der Waals surface area contributed by atoms with Crippen molar-refractivity contribution in [3.8, 4) is 22.2 Å². The first kappa shape index (κ1) is 18.2. The molecule has 0 spiro atoms. The zero-order chi connectivity index (χ0) is 18.9. The van der Waals surface area contributed by atoms with Gasteiger partial charge in [-0.15, -0.1) is 11.3 Å². The van der Waals surface area contributed by atoms with Gasteiger partial charge in [-0.3, -0.25) is 4.72 Å². The molecule has 0 amide bonds. The maximum Gasteiger partial charge on any atom is 0.263 e. The molecule has 10 heteroatoms. The van der Waals surface area contributed by atoms with Crippen molar-refractivity contribution in [2.45, 2.75) is 18.7 Å². The highest BCUT2D eigenvalue weighted by Gasteiger charge is 2.22.